The molecule has 7 nitrogen and oxygen atoms in total. The van der Waals surface area contributed by atoms with Gasteiger partial charge in [0.2, 0.25) is 5.91 Å². The Balaban J connectivity index is 1.71. The van der Waals surface area contributed by atoms with Crippen molar-refractivity contribution in [1.82, 2.24) is 10.3 Å². The third-order valence-electron chi connectivity index (χ3n) is 4.19. The Bertz CT molecular complexity index is 771. The highest BCUT2D eigenvalue weighted by Crippen LogP contribution is 2.23. The van der Waals surface area contributed by atoms with Gasteiger partial charge in [-0.15, -0.1) is 11.3 Å². The second kappa shape index (κ2) is 6.64. The van der Waals surface area contributed by atoms with Gasteiger partial charge in [0.25, 0.3) is 5.91 Å². The van der Waals surface area contributed by atoms with E-state index in [0.29, 0.717) is 6.42 Å². The summed E-state index contributed by atoms with van der Waals surface area (Å²) in [5.74, 6) is -0.550. The monoisotopic (exact) mass is 369 g/mol. The molecular formula is C15H19N3O4S2. The van der Waals surface area contributed by atoms with Gasteiger partial charge in [0.1, 0.15) is 5.71 Å². The first-order chi connectivity index (χ1) is 11.4. The lowest BCUT2D eigenvalue weighted by Gasteiger charge is -2.27. The second-order valence-corrected chi connectivity index (χ2v) is 9.26. The molecule has 1 aromatic heterocycles. The molecule has 1 fully saturated rings. The van der Waals surface area contributed by atoms with Crippen LogP contribution in [0.5, 0.6) is 0 Å². The van der Waals surface area contributed by atoms with Gasteiger partial charge in [0, 0.05) is 17.7 Å². The summed E-state index contributed by atoms with van der Waals surface area (Å²) in [7, 11) is -3.12. The zero-order chi connectivity index (χ0) is 17.3. The SMILES string of the molecule is C[C@H](NC(=O)C1=NN([C@H]2CCS(=O)(=O)C2)C(=O)CC1)c1cccs1. The van der Waals surface area contributed by atoms with E-state index >= 15 is 0 Å². The van der Waals surface area contributed by atoms with Crippen molar-refractivity contribution < 1.29 is 18.0 Å². The summed E-state index contributed by atoms with van der Waals surface area (Å²) in [6.07, 6.45) is 0.825. The normalized spacial score (nSPS) is 24.5. The number of hydrazone groups is 1. The fourth-order valence-corrected chi connectivity index (χ4v) is 5.30. The van der Waals surface area contributed by atoms with Crippen molar-refractivity contribution in [3.63, 3.8) is 0 Å². The lowest BCUT2D eigenvalue weighted by atomic mass is 10.1. The summed E-state index contributed by atoms with van der Waals surface area (Å²) in [4.78, 5) is 25.5. The van der Waals surface area contributed by atoms with Crippen molar-refractivity contribution in [2.75, 3.05) is 11.5 Å². The molecule has 3 rings (SSSR count). The van der Waals surface area contributed by atoms with Crippen molar-refractivity contribution >= 4 is 38.7 Å². The fourth-order valence-electron chi connectivity index (χ4n) is 2.88. The average molecular weight is 369 g/mol. The molecule has 2 amide bonds. The van der Waals surface area contributed by atoms with Crippen LogP contribution in [-0.4, -0.2) is 48.5 Å². The van der Waals surface area contributed by atoms with E-state index in [0.717, 1.165) is 4.88 Å². The molecule has 2 aliphatic rings. The number of nitrogens with one attached hydrogen (secondary N) is 1. The van der Waals surface area contributed by atoms with Crippen LogP contribution in [0.3, 0.4) is 0 Å². The zero-order valence-electron chi connectivity index (χ0n) is 13.3. The zero-order valence-corrected chi connectivity index (χ0v) is 14.9. The summed E-state index contributed by atoms with van der Waals surface area (Å²) < 4.78 is 23.2. The molecule has 0 bridgehead atoms. The Hall–Kier alpha value is -1.74. The number of rotatable bonds is 4. The smallest absolute Gasteiger partial charge is 0.268 e. The van der Waals surface area contributed by atoms with E-state index in [4.69, 9.17) is 0 Å². The summed E-state index contributed by atoms with van der Waals surface area (Å²) in [6.45, 7) is 1.89. The number of sulfone groups is 1. The highest BCUT2D eigenvalue weighted by Gasteiger charge is 2.37. The largest absolute Gasteiger partial charge is 0.344 e. The number of hydrogen-bond donors (Lipinski definition) is 1. The molecule has 0 spiro atoms. The summed E-state index contributed by atoms with van der Waals surface area (Å²) >= 11 is 1.55. The van der Waals surface area contributed by atoms with Crippen LogP contribution in [0.1, 0.15) is 37.1 Å². The van der Waals surface area contributed by atoms with E-state index in [1.54, 1.807) is 11.3 Å². The van der Waals surface area contributed by atoms with Crippen molar-refractivity contribution in [2.45, 2.75) is 38.3 Å². The van der Waals surface area contributed by atoms with Crippen molar-refractivity contribution in [3.8, 4) is 0 Å². The van der Waals surface area contributed by atoms with Gasteiger partial charge in [-0.25, -0.2) is 13.4 Å². The molecular weight excluding hydrogens is 350 g/mol. The maximum absolute atomic E-state index is 12.4. The van der Waals surface area contributed by atoms with Crippen LogP contribution < -0.4 is 5.32 Å². The van der Waals surface area contributed by atoms with Crippen LogP contribution in [-0.2, 0) is 19.4 Å². The predicted molar refractivity (Wildman–Crippen MR) is 91.5 cm³/mol. The minimum atomic E-state index is -3.12. The highest BCUT2D eigenvalue weighted by molar-refractivity contribution is 7.91. The van der Waals surface area contributed by atoms with Crippen LogP contribution in [0.25, 0.3) is 0 Å². The summed E-state index contributed by atoms with van der Waals surface area (Å²) in [5, 5.41) is 10.2. The number of nitrogens with zero attached hydrogens (tertiary/aromatic N) is 2. The first-order valence-corrected chi connectivity index (χ1v) is 10.5. The summed E-state index contributed by atoms with van der Waals surface area (Å²) in [6, 6.07) is 3.26. The second-order valence-electron chi connectivity index (χ2n) is 6.05. The Kier molecular flexibility index (Phi) is 4.73. The van der Waals surface area contributed by atoms with Gasteiger partial charge in [-0.05, 0) is 24.8 Å². The third-order valence-corrected chi connectivity index (χ3v) is 7.00. The maximum atomic E-state index is 12.4. The topological polar surface area (TPSA) is 95.9 Å². The van der Waals surface area contributed by atoms with Crippen LogP contribution >= 0.6 is 11.3 Å². The van der Waals surface area contributed by atoms with Gasteiger partial charge < -0.3 is 5.32 Å². The molecule has 2 atom stereocenters. The van der Waals surface area contributed by atoms with Gasteiger partial charge in [0.05, 0.1) is 23.6 Å². The Morgan fingerprint density at radius 1 is 1.46 bits per heavy atom. The average Bonchev–Trinajstić information content (AvgIpc) is 3.17. The van der Waals surface area contributed by atoms with Crippen LogP contribution in [0, 0.1) is 0 Å². The molecule has 0 saturated carbocycles. The van der Waals surface area contributed by atoms with E-state index in [1.807, 2.05) is 24.4 Å². The molecule has 24 heavy (non-hydrogen) atoms. The molecule has 1 saturated heterocycles. The number of thiophene rings is 1. The molecule has 0 radical (unpaired) electrons. The standard InChI is InChI=1S/C15H19N3O4S2/c1-10(13-3-2-7-23-13)16-15(20)12-4-5-14(19)18(17-12)11-6-8-24(21,22)9-11/h2-3,7,10-11H,4-6,8-9H2,1H3,(H,16,20)/t10-,11-/m0/s1. The number of hydrogen-bond acceptors (Lipinski definition) is 6. The van der Waals surface area contributed by atoms with E-state index in [-0.39, 0.29) is 47.9 Å². The molecule has 1 N–H and O–H groups in total. The molecule has 0 aromatic carbocycles. The summed E-state index contributed by atoms with van der Waals surface area (Å²) in [5.41, 5.74) is 0.280. The van der Waals surface area contributed by atoms with Crippen molar-refractivity contribution in [3.05, 3.63) is 22.4 Å². The van der Waals surface area contributed by atoms with Gasteiger partial charge in [-0.2, -0.15) is 5.10 Å². The molecule has 3 heterocycles. The van der Waals surface area contributed by atoms with Crippen molar-refractivity contribution in [1.29, 1.82) is 0 Å². The number of carbonyl (C=O) groups is 2. The van der Waals surface area contributed by atoms with Crippen LogP contribution in [0.2, 0.25) is 0 Å². The molecule has 0 aliphatic carbocycles. The quantitative estimate of drug-likeness (QED) is 0.859. The van der Waals surface area contributed by atoms with E-state index < -0.39 is 15.9 Å². The fraction of sp³-hybridized carbons (Fsp3) is 0.533. The lowest BCUT2D eigenvalue weighted by molar-refractivity contribution is -0.133. The minimum Gasteiger partial charge on any atom is -0.344 e. The third kappa shape index (κ3) is 3.67. The maximum Gasteiger partial charge on any atom is 0.268 e. The molecule has 1 aromatic rings. The number of amides is 2. The van der Waals surface area contributed by atoms with Gasteiger partial charge in [-0.3, -0.25) is 9.59 Å². The Morgan fingerprint density at radius 3 is 2.88 bits per heavy atom. The van der Waals surface area contributed by atoms with Crippen molar-refractivity contribution in [2.24, 2.45) is 5.10 Å². The lowest BCUT2D eigenvalue weighted by Crippen LogP contribution is -2.44. The first-order valence-electron chi connectivity index (χ1n) is 7.80. The van der Waals surface area contributed by atoms with E-state index in [1.165, 1.54) is 5.01 Å². The molecule has 9 heteroatoms. The molecule has 0 unspecified atom stereocenters. The minimum absolute atomic E-state index is 0.0634. The Morgan fingerprint density at radius 2 is 2.25 bits per heavy atom. The highest BCUT2D eigenvalue weighted by atomic mass is 32.2. The molecule has 2 aliphatic heterocycles. The van der Waals surface area contributed by atoms with Crippen LogP contribution in [0.15, 0.2) is 22.6 Å². The number of carbonyl (C=O) groups excluding carboxylic acids is 2. The Labute approximate surface area is 144 Å². The van der Waals surface area contributed by atoms with Gasteiger partial charge >= 0.3 is 0 Å². The van der Waals surface area contributed by atoms with Crippen LogP contribution in [0.4, 0.5) is 0 Å². The predicted octanol–water partition coefficient (Wildman–Crippen LogP) is 1.09. The molecule has 130 valence electrons. The van der Waals surface area contributed by atoms with Gasteiger partial charge in [-0.1, -0.05) is 6.07 Å². The van der Waals surface area contributed by atoms with E-state index in [2.05, 4.69) is 10.4 Å². The first kappa shape index (κ1) is 17.1. The van der Waals surface area contributed by atoms with E-state index in [9.17, 15) is 18.0 Å². The van der Waals surface area contributed by atoms with Gasteiger partial charge in [0.15, 0.2) is 9.84 Å².